The van der Waals surface area contributed by atoms with E-state index in [-0.39, 0.29) is 6.03 Å². The molecule has 3 heterocycles. The highest BCUT2D eigenvalue weighted by Gasteiger charge is 2.15. The number of pyridine rings is 1. The lowest BCUT2D eigenvalue weighted by atomic mass is 10.1. The van der Waals surface area contributed by atoms with E-state index in [1.165, 1.54) is 11.5 Å². The number of hydrogen-bond donors (Lipinski definition) is 1. The van der Waals surface area contributed by atoms with Crippen LogP contribution < -0.4 is 10.1 Å². The summed E-state index contributed by atoms with van der Waals surface area (Å²) in [7, 11) is 3.30. The average Bonchev–Trinajstić information content (AvgIpc) is 3.02. The van der Waals surface area contributed by atoms with E-state index in [9.17, 15) is 4.79 Å². The molecule has 23 heavy (non-hydrogen) atoms. The zero-order valence-electron chi connectivity index (χ0n) is 13.0. The van der Waals surface area contributed by atoms with Crippen LogP contribution in [0.15, 0.2) is 18.3 Å². The van der Waals surface area contributed by atoms with E-state index < -0.39 is 0 Å². The van der Waals surface area contributed by atoms with Crippen LogP contribution in [0.5, 0.6) is 5.88 Å². The SMILES string of the molecule is COc1cc(CN(C)C(=O)Nc2cnc3c(c2)COCC3)sn1. The summed E-state index contributed by atoms with van der Waals surface area (Å²) in [6.07, 6.45) is 2.50. The molecule has 0 saturated carbocycles. The molecule has 1 aliphatic rings. The van der Waals surface area contributed by atoms with Gasteiger partial charge in [0.15, 0.2) is 0 Å². The number of nitrogens with zero attached hydrogens (tertiary/aromatic N) is 3. The highest BCUT2D eigenvalue weighted by atomic mass is 32.1. The van der Waals surface area contributed by atoms with Gasteiger partial charge in [-0.2, -0.15) is 4.37 Å². The zero-order valence-corrected chi connectivity index (χ0v) is 13.9. The number of anilines is 1. The van der Waals surface area contributed by atoms with Crippen molar-refractivity contribution in [2.24, 2.45) is 0 Å². The molecule has 1 aliphatic heterocycles. The fourth-order valence-electron chi connectivity index (χ4n) is 2.30. The normalized spacial score (nSPS) is 13.3. The Bertz CT molecular complexity index is 704. The molecular formula is C15H18N4O3S. The van der Waals surface area contributed by atoms with E-state index in [0.717, 1.165) is 22.6 Å². The second kappa shape index (κ2) is 6.93. The predicted octanol–water partition coefficient (Wildman–Crippen LogP) is 2.28. The number of urea groups is 1. The molecule has 3 rings (SSSR count). The van der Waals surface area contributed by atoms with Crippen LogP contribution >= 0.6 is 11.5 Å². The highest BCUT2D eigenvalue weighted by molar-refractivity contribution is 7.05. The standard InChI is InChI=1S/C15H18N4O3S/c1-19(8-12-6-14(21-2)18-23-12)15(20)17-11-5-10-9-22-4-3-13(10)16-7-11/h5-7H,3-4,8-9H2,1-2H3,(H,17,20). The molecule has 122 valence electrons. The van der Waals surface area contributed by atoms with Gasteiger partial charge in [-0.25, -0.2) is 4.79 Å². The lowest BCUT2D eigenvalue weighted by molar-refractivity contribution is 0.109. The van der Waals surface area contributed by atoms with Gasteiger partial charge in [-0.15, -0.1) is 0 Å². The van der Waals surface area contributed by atoms with Crippen molar-refractivity contribution in [3.8, 4) is 5.88 Å². The number of nitrogens with one attached hydrogen (secondary N) is 1. The van der Waals surface area contributed by atoms with Crippen LogP contribution in [0.1, 0.15) is 16.1 Å². The summed E-state index contributed by atoms with van der Waals surface area (Å²) in [5.74, 6) is 0.567. The number of carbonyl (C=O) groups excluding carboxylic acids is 1. The fraction of sp³-hybridized carbons (Fsp3) is 0.400. The molecule has 8 heteroatoms. The van der Waals surface area contributed by atoms with Gasteiger partial charge in [-0.3, -0.25) is 4.98 Å². The minimum absolute atomic E-state index is 0.198. The van der Waals surface area contributed by atoms with E-state index in [1.54, 1.807) is 25.3 Å². The molecule has 0 aromatic carbocycles. The quantitative estimate of drug-likeness (QED) is 0.928. The Morgan fingerprint density at radius 3 is 3.17 bits per heavy atom. The second-order valence-corrected chi connectivity index (χ2v) is 6.14. The van der Waals surface area contributed by atoms with E-state index >= 15 is 0 Å². The summed E-state index contributed by atoms with van der Waals surface area (Å²) in [6, 6.07) is 3.55. The van der Waals surface area contributed by atoms with Gasteiger partial charge in [0.05, 0.1) is 38.8 Å². The lowest BCUT2D eigenvalue weighted by Gasteiger charge is -2.19. The van der Waals surface area contributed by atoms with Gasteiger partial charge in [-0.05, 0) is 17.6 Å². The highest BCUT2D eigenvalue weighted by Crippen LogP contribution is 2.20. The molecular weight excluding hydrogens is 316 g/mol. The van der Waals surface area contributed by atoms with E-state index in [0.29, 0.717) is 31.3 Å². The Labute approximate surface area is 138 Å². The molecule has 0 bridgehead atoms. The molecule has 0 fully saturated rings. The van der Waals surface area contributed by atoms with Gasteiger partial charge in [0, 0.05) is 35.7 Å². The molecule has 0 radical (unpaired) electrons. The van der Waals surface area contributed by atoms with Gasteiger partial charge >= 0.3 is 6.03 Å². The predicted molar refractivity (Wildman–Crippen MR) is 86.7 cm³/mol. The topological polar surface area (TPSA) is 76.6 Å². The minimum Gasteiger partial charge on any atom is -0.480 e. The first-order chi connectivity index (χ1) is 11.2. The average molecular weight is 334 g/mol. The van der Waals surface area contributed by atoms with Crippen molar-refractivity contribution in [3.63, 3.8) is 0 Å². The second-order valence-electron chi connectivity index (χ2n) is 5.25. The van der Waals surface area contributed by atoms with E-state index in [1.807, 2.05) is 12.1 Å². The van der Waals surface area contributed by atoms with Crippen molar-refractivity contribution in [1.82, 2.24) is 14.3 Å². The largest absolute Gasteiger partial charge is 0.480 e. The third kappa shape index (κ3) is 3.77. The van der Waals surface area contributed by atoms with Gasteiger partial charge in [0.2, 0.25) is 5.88 Å². The Morgan fingerprint density at radius 1 is 1.52 bits per heavy atom. The van der Waals surface area contributed by atoms with Gasteiger partial charge in [0.25, 0.3) is 0 Å². The number of rotatable bonds is 4. The smallest absolute Gasteiger partial charge is 0.321 e. The Hall–Kier alpha value is -2.19. The number of hydrogen-bond acceptors (Lipinski definition) is 6. The van der Waals surface area contributed by atoms with Gasteiger partial charge in [0.1, 0.15) is 0 Å². The maximum atomic E-state index is 12.3. The number of fused-ring (bicyclic) bond motifs is 1. The molecule has 2 aromatic rings. The Balaban J connectivity index is 1.61. The lowest BCUT2D eigenvalue weighted by Crippen LogP contribution is -2.30. The zero-order chi connectivity index (χ0) is 16.2. The minimum atomic E-state index is -0.198. The van der Waals surface area contributed by atoms with Crippen molar-refractivity contribution < 1.29 is 14.3 Å². The van der Waals surface area contributed by atoms with Crippen molar-refractivity contribution in [2.45, 2.75) is 19.6 Å². The van der Waals surface area contributed by atoms with Crippen molar-refractivity contribution in [2.75, 3.05) is 26.1 Å². The molecule has 0 spiro atoms. The van der Waals surface area contributed by atoms with Crippen molar-refractivity contribution >= 4 is 23.3 Å². The van der Waals surface area contributed by atoms with Crippen LogP contribution in [0.2, 0.25) is 0 Å². The van der Waals surface area contributed by atoms with Crippen LogP contribution in [-0.4, -0.2) is 41.1 Å². The molecule has 2 aromatic heterocycles. The molecule has 7 nitrogen and oxygen atoms in total. The van der Waals surface area contributed by atoms with Crippen molar-refractivity contribution in [3.05, 3.63) is 34.5 Å². The van der Waals surface area contributed by atoms with Crippen LogP contribution in [0, 0.1) is 0 Å². The third-order valence-corrected chi connectivity index (χ3v) is 4.29. The molecule has 0 saturated heterocycles. The van der Waals surface area contributed by atoms with Crippen molar-refractivity contribution in [1.29, 1.82) is 0 Å². The summed E-state index contributed by atoms with van der Waals surface area (Å²) in [6.45, 7) is 1.71. The molecule has 2 amide bonds. The summed E-state index contributed by atoms with van der Waals surface area (Å²) < 4.78 is 14.6. The fourth-order valence-corrected chi connectivity index (χ4v) is 3.04. The summed E-state index contributed by atoms with van der Waals surface area (Å²) >= 11 is 1.32. The monoisotopic (exact) mass is 334 g/mol. The van der Waals surface area contributed by atoms with Crippen LogP contribution in [-0.2, 0) is 24.3 Å². The number of aromatic nitrogens is 2. The first kappa shape index (κ1) is 15.7. The maximum absolute atomic E-state index is 12.3. The third-order valence-electron chi connectivity index (χ3n) is 3.54. The number of methoxy groups -OCH3 is 1. The molecule has 0 aliphatic carbocycles. The Kier molecular flexibility index (Phi) is 4.73. The first-order valence-corrected chi connectivity index (χ1v) is 8.00. The van der Waals surface area contributed by atoms with E-state index in [2.05, 4.69) is 14.7 Å². The first-order valence-electron chi connectivity index (χ1n) is 7.23. The summed E-state index contributed by atoms with van der Waals surface area (Å²) in [5, 5.41) is 2.85. The van der Waals surface area contributed by atoms with Crippen LogP contribution in [0.4, 0.5) is 10.5 Å². The molecule has 0 unspecified atom stereocenters. The van der Waals surface area contributed by atoms with Gasteiger partial charge in [-0.1, -0.05) is 0 Å². The maximum Gasteiger partial charge on any atom is 0.321 e. The van der Waals surface area contributed by atoms with Crippen LogP contribution in [0.25, 0.3) is 0 Å². The number of carbonyl (C=O) groups is 1. The number of amides is 2. The molecule has 1 N–H and O–H groups in total. The Morgan fingerprint density at radius 2 is 2.39 bits per heavy atom. The number of ether oxygens (including phenoxy) is 2. The van der Waals surface area contributed by atoms with Crippen LogP contribution in [0.3, 0.4) is 0 Å². The summed E-state index contributed by atoms with van der Waals surface area (Å²) in [5.41, 5.74) is 2.75. The van der Waals surface area contributed by atoms with E-state index in [4.69, 9.17) is 9.47 Å². The molecule has 0 atom stereocenters. The summed E-state index contributed by atoms with van der Waals surface area (Å²) in [4.78, 5) is 19.2. The van der Waals surface area contributed by atoms with Gasteiger partial charge < -0.3 is 19.7 Å².